The highest BCUT2D eigenvalue weighted by molar-refractivity contribution is 5.99. The first-order valence-electron chi connectivity index (χ1n) is 15.0. The molecule has 0 radical (unpaired) electrons. The van der Waals surface area contributed by atoms with Crippen LogP contribution >= 0.6 is 0 Å². The summed E-state index contributed by atoms with van der Waals surface area (Å²) in [6, 6.07) is 26.6. The summed E-state index contributed by atoms with van der Waals surface area (Å²) >= 11 is 0. The van der Waals surface area contributed by atoms with E-state index in [1.165, 1.54) is 4.68 Å². The van der Waals surface area contributed by atoms with Gasteiger partial charge in [-0.1, -0.05) is 84.9 Å². The summed E-state index contributed by atoms with van der Waals surface area (Å²) in [4.78, 5) is 56.1. The van der Waals surface area contributed by atoms with Crippen LogP contribution in [0.2, 0.25) is 0 Å². The third-order valence-electron chi connectivity index (χ3n) is 7.45. The van der Waals surface area contributed by atoms with Gasteiger partial charge in [-0.05, 0) is 47.0 Å². The smallest absolute Gasteiger partial charge is 0.331 e. The summed E-state index contributed by atoms with van der Waals surface area (Å²) < 4.78 is 6.84. The average molecular weight is 635 g/mol. The minimum Gasteiger partial charge on any atom is -0.459 e. The van der Waals surface area contributed by atoms with Gasteiger partial charge in [-0.3, -0.25) is 14.4 Å². The van der Waals surface area contributed by atoms with Gasteiger partial charge >= 0.3 is 5.97 Å². The third-order valence-corrected chi connectivity index (χ3v) is 7.45. The Morgan fingerprint density at radius 2 is 1.51 bits per heavy atom. The summed E-state index contributed by atoms with van der Waals surface area (Å²) in [6.07, 6.45) is 0.0361. The minimum absolute atomic E-state index is 0.0825. The molecule has 3 aromatic carbocycles. The van der Waals surface area contributed by atoms with Crippen molar-refractivity contribution in [2.24, 2.45) is 5.73 Å². The number of hydrogen-bond donors (Lipinski definition) is 3. The number of primary amides is 1. The van der Waals surface area contributed by atoms with Gasteiger partial charge in [0.05, 0.1) is 11.9 Å². The molecular weight excluding hydrogens is 600 g/mol. The van der Waals surface area contributed by atoms with E-state index in [1.807, 2.05) is 72.8 Å². The Kier molecular flexibility index (Phi) is 10.6. The molecule has 0 aliphatic carbocycles. The lowest BCUT2D eigenvalue weighted by Crippen LogP contribution is -2.52. The predicted octanol–water partition coefficient (Wildman–Crippen LogP) is 2.47. The predicted molar refractivity (Wildman–Crippen MR) is 171 cm³/mol. The highest BCUT2D eigenvalue weighted by atomic mass is 16.5. The molecule has 0 saturated carbocycles. The number of hydrogen-bond acceptors (Lipinski definition) is 9. The van der Waals surface area contributed by atoms with Crippen LogP contribution in [0.1, 0.15) is 46.8 Å². The van der Waals surface area contributed by atoms with Crippen molar-refractivity contribution < 1.29 is 23.9 Å². The van der Waals surface area contributed by atoms with Crippen molar-refractivity contribution in [3.8, 4) is 0 Å². The average Bonchev–Trinajstić information content (AvgIpc) is 3.54. The molecule has 47 heavy (non-hydrogen) atoms. The number of carbonyl (C=O) groups excluding carboxylic acids is 4. The number of aromatic nitrogens is 5. The summed E-state index contributed by atoms with van der Waals surface area (Å²) in [6.45, 7) is 1.72. The number of rotatable bonds is 14. The molecule has 0 unspecified atom stereocenters. The van der Waals surface area contributed by atoms with E-state index < -0.39 is 48.2 Å². The Balaban J connectivity index is 1.32. The molecule has 4 N–H and O–H groups in total. The van der Waals surface area contributed by atoms with E-state index in [2.05, 4.69) is 31.1 Å². The lowest BCUT2D eigenvalue weighted by molar-refractivity contribution is -0.149. The van der Waals surface area contributed by atoms with Crippen LogP contribution in [0.15, 0.2) is 97.1 Å². The van der Waals surface area contributed by atoms with E-state index in [-0.39, 0.29) is 18.7 Å². The molecule has 0 bridgehead atoms. The number of amides is 3. The lowest BCUT2D eigenvalue weighted by Gasteiger charge is -2.23. The molecule has 240 valence electrons. The van der Waals surface area contributed by atoms with E-state index in [0.717, 1.165) is 16.5 Å². The van der Waals surface area contributed by atoms with Crippen LogP contribution in [0.5, 0.6) is 0 Å². The van der Waals surface area contributed by atoms with Crippen LogP contribution in [0.3, 0.4) is 0 Å². The number of carbonyl (C=O) groups is 4. The molecule has 0 aliphatic heterocycles. The van der Waals surface area contributed by atoms with Crippen molar-refractivity contribution in [2.75, 3.05) is 0 Å². The number of tetrazole rings is 1. The molecule has 13 nitrogen and oxygen atoms in total. The van der Waals surface area contributed by atoms with Gasteiger partial charge in [-0.25, -0.2) is 14.5 Å². The number of pyridine rings is 1. The van der Waals surface area contributed by atoms with E-state index in [0.29, 0.717) is 17.8 Å². The van der Waals surface area contributed by atoms with Crippen molar-refractivity contribution >= 4 is 34.6 Å². The molecular formula is C34H34N8O5. The molecule has 5 rings (SSSR count). The Bertz CT molecular complexity index is 1850. The maximum Gasteiger partial charge on any atom is 0.331 e. The van der Waals surface area contributed by atoms with Crippen LogP contribution in [-0.4, -0.2) is 61.0 Å². The molecule has 3 amide bonds. The van der Waals surface area contributed by atoms with Crippen molar-refractivity contribution in [2.45, 2.75) is 50.9 Å². The molecule has 0 spiro atoms. The highest BCUT2D eigenvalue weighted by Crippen LogP contribution is 2.15. The summed E-state index contributed by atoms with van der Waals surface area (Å²) in [5.74, 6) is -2.25. The van der Waals surface area contributed by atoms with E-state index >= 15 is 0 Å². The number of para-hydroxylation sites is 1. The molecule has 0 fully saturated rings. The van der Waals surface area contributed by atoms with Gasteiger partial charge in [0.15, 0.2) is 11.9 Å². The SMILES string of the molecule is C[C@@H](C(=O)OCc1ccccc1)n1nnnc1C[C@H](Cc1ccccc1)NC(=O)[C@H](CC(N)=O)NC(=O)c1ccc2ccccc2n1. The molecule has 0 saturated heterocycles. The van der Waals surface area contributed by atoms with Gasteiger partial charge in [0.1, 0.15) is 18.3 Å². The van der Waals surface area contributed by atoms with Gasteiger partial charge < -0.3 is 21.1 Å². The fourth-order valence-corrected chi connectivity index (χ4v) is 5.03. The van der Waals surface area contributed by atoms with Crippen molar-refractivity contribution in [1.29, 1.82) is 0 Å². The third kappa shape index (κ3) is 8.81. The number of ether oxygens (including phenoxy) is 1. The Hall–Kier alpha value is -5.98. The number of nitrogens with one attached hydrogen (secondary N) is 2. The quantitative estimate of drug-likeness (QED) is 0.154. The van der Waals surface area contributed by atoms with Gasteiger partial charge in [0.25, 0.3) is 5.91 Å². The largest absolute Gasteiger partial charge is 0.459 e. The number of esters is 1. The molecule has 3 atom stereocenters. The molecule has 13 heteroatoms. The highest BCUT2D eigenvalue weighted by Gasteiger charge is 2.29. The van der Waals surface area contributed by atoms with Gasteiger partial charge in [-0.2, -0.15) is 0 Å². The summed E-state index contributed by atoms with van der Waals surface area (Å²) in [7, 11) is 0. The van der Waals surface area contributed by atoms with Crippen LogP contribution in [0, 0.1) is 0 Å². The number of nitrogens with zero attached hydrogens (tertiary/aromatic N) is 5. The zero-order valence-corrected chi connectivity index (χ0v) is 25.7. The van der Waals surface area contributed by atoms with Gasteiger partial charge in [0, 0.05) is 17.8 Å². The van der Waals surface area contributed by atoms with Gasteiger partial charge in [-0.15, -0.1) is 5.10 Å². The number of benzene rings is 3. The Morgan fingerprint density at radius 1 is 0.830 bits per heavy atom. The monoisotopic (exact) mass is 634 g/mol. The normalized spacial score (nSPS) is 12.9. The molecule has 2 heterocycles. The first-order valence-corrected chi connectivity index (χ1v) is 15.0. The fourth-order valence-electron chi connectivity index (χ4n) is 5.03. The van der Waals surface area contributed by atoms with Crippen LogP contribution in [-0.2, 0) is 38.6 Å². The number of nitrogens with two attached hydrogens (primary N) is 1. The number of fused-ring (bicyclic) bond motifs is 1. The fraction of sp³-hybridized carbons (Fsp3) is 0.235. The molecule has 2 aromatic heterocycles. The topological polar surface area (TPSA) is 184 Å². The lowest BCUT2D eigenvalue weighted by atomic mass is 10.0. The zero-order chi connectivity index (χ0) is 33.2. The van der Waals surface area contributed by atoms with E-state index in [4.69, 9.17) is 10.5 Å². The second-order valence-electron chi connectivity index (χ2n) is 11.0. The van der Waals surface area contributed by atoms with Crippen molar-refractivity contribution in [3.63, 3.8) is 0 Å². The standard InChI is InChI=1S/C34H34N8O5/c1-22(34(46)47-21-24-12-6-3-7-13-24)42-31(39-40-41-42)19-26(18-23-10-4-2-5-11-23)36-33(45)29(20-30(35)43)38-32(44)28-17-16-25-14-8-9-15-27(25)37-28/h2-17,22,26,29H,18-21H2,1H3,(H2,35,43)(H,36,45)(H,38,44)/t22-,26-,29-/m0/s1. The molecule has 5 aromatic rings. The van der Waals surface area contributed by atoms with Crippen molar-refractivity contribution in [1.82, 2.24) is 35.8 Å². The first kappa shape index (κ1) is 32.4. The van der Waals surface area contributed by atoms with Crippen LogP contribution in [0.4, 0.5) is 0 Å². The maximum absolute atomic E-state index is 13.6. The van der Waals surface area contributed by atoms with Crippen LogP contribution < -0.4 is 16.4 Å². The van der Waals surface area contributed by atoms with E-state index in [9.17, 15) is 19.2 Å². The van der Waals surface area contributed by atoms with Crippen LogP contribution in [0.25, 0.3) is 10.9 Å². The molecule has 0 aliphatic rings. The Labute approximate surface area is 270 Å². The first-order chi connectivity index (χ1) is 22.8. The van der Waals surface area contributed by atoms with Gasteiger partial charge in [0.2, 0.25) is 11.8 Å². The summed E-state index contributed by atoms with van der Waals surface area (Å²) in [5.41, 5.74) is 7.90. The second-order valence-corrected chi connectivity index (χ2v) is 11.0. The van der Waals surface area contributed by atoms with E-state index in [1.54, 1.807) is 31.2 Å². The van der Waals surface area contributed by atoms with Crippen molar-refractivity contribution in [3.05, 3.63) is 120 Å². The Morgan fingerprint density at radius 3 is 2.23 bits per heavy atom. The second kappa shape index (κ2) is 15.3. The minimum atomic E-state index is -1.28. The summed E-state index contributed by atoms with van der Waals surface area (Å²) in [5, 5.41) is 18.3. The maximum atomic E-state index is 13.6. The zero-order valence-electron chi connectivity index (χ0n) is 25.7.